The summed E-state index contributed by atoms with van der Waals surface area (Å²) in [6.45, 7) is 4.27. The maximum atomic E-state index is 13.1. The average Bonchev–Trinajstić information content (AvgIpc) is 3.24. The average molecular weight is 432 g/mol. The van der Waals surface area contributed by atoms with Gasteiger partial charge in [-0.3, -0.25) is 9.59 Å². The van der Waals surface area contributed by atoms with Gasteiger partial charge in [-0.25, -0.2) is 12.7 Å². The van der Waals surface area contributed by atoms with E-state index in [4.69, 9.17) is 4.74 Å². The Morgan fingerprint density at radius 1 is 1.39 bits per heavy atom. The van der Waals surface area contributed by atoms with E-state index in [-0.39, 0.29) is 48.0 Å². The zero-order valence-corrected chi connectivity index (χ0v) is 17.6. The highest BCUT2D eigenvalue weighted by Gasteiger charge is 2.41. The van der Waals surface area contributed by atoms with Crippen molar-refractivity contribution in [1.82, 2.24) is 14.5 Å². The second kappa shape index (κ2) is 9.21. The monoisotopic (exact) mass is 431 g/mol. The Morgan fingerprint density at radius 3 is 2.75 bits per heavy atom. The smallest absolute Gasteiger partial charge is 0.269 e. The highest BCUT2D eigenvalue weighted by atomic mass is 35.5. The third-order valence-electron chi connectivity index (χ3n) is 4.95. The van der Waals surface area contributed by atoms with Crippen LogP contribution >= 0.6 is 12.4 Å². The van der Waals surface area contributed by atoms with Crippen LogP contribution in [-0.4, -0.2) is 75.4 Å². The van der Waals surface area contributed by atoms with Gasteiger partial charge in [-0.1, -0.05) is 6.92 Å². The van der Waals surface area contributed by atoms with E-state index in [0.29, 0.717) is 12.1 Å². The topological polar surface area (TPSA) is 96.0 Å². The first kappa shape index (κ1) is 22.6. The molecule has 2 heterocycles. The van der Waals surface area contributed by atoms with Crippen LogP contribution in [0.25, 0.3) is 0 Å². The lowest BCUT2D eigenvalue weighted by Crippen LogP contribution is -2.42. The largest absolute Gasteiger partial charge is 0.383 e. The second-order valence-corrected chi connectivity index (χ2v) is 8.56. The number of ether oxygens (including phenoxy) is 1. The van der Waals surface area contributed by atoms with E-state index >= 15 is 0 Å². The first-order valence-electron chi connectivity index (χ1n) is 9.13. The van der Waals surface area contributed by atoms with Gasteiger partial charge in [0.05, 0.1) is 18.7 Å². The second-order valence-electron chi connectivity index (χ2n) is 6.73. The number of hydrogen-bond acceptors (Lipinski definition) is 6. The summed E-state index contributed by atoms with van der Waals surface area (Å²) in [7, 11) is -2.52. The summed E-state index contributed by atoms with van der Waals surface area (Å²) in [6, 6.07) is 4.41. The number of nitrogens with one attached hydrogen (secondary N) is 1. The van der Waals surface area contributed by atoms with Crippen molar-refractivity contribution in [3.63, 3.8) is 0 Å². The molecule has 1 aromatic carbocycles. The molecule has 2 amide bonds. The molecular weight excluding hydrogens is 406 g/mol. The van der Waals surface area contributed by atoms with Crippen LogP contribution in [0.4, 0.5) is 0 Å². The molecule has 0 saturated carbocycles. The minimum Gasteiger partial charge on any atom is -0.383 e. The van der Waals surface area contributed by atoms with E-state index in [1.54, 1.807) is 11.0 Å². The van der Waals surface area contributed by atoms with E-state index in [2.05, 4.69) is 5.32 Å². The minimum atomic E-state index is -3.96. The Hall–Kier alpha value is -1.68. The molecule has 0 radical (unpaired) electrons. The van der Waals surface area contributed by atoms with Crippen LogP contribution in [0.2, 0.25) is 0 Å². The van der Waals surface area contributed by atoms with Crippen LogP contribution < -0.4 is 5.32 Å². The Bertz CT molecular complexity index is 840. The molecule has 2 aliphatic heterocycles. The normalized spacial score (nSPS) is 20.0. The SMILES string of the molecule is CCCN(C(=O)c1ccc2c(c1)S(=O)(=O)N(CCOC)C2=O)C1CCNC1.Cl. The maximum absolute atomic E-state index is 13.1. The van der Waals surface area contributed by atoms with Gasteiger partial charge in [-0.05, 0) is 37.6 Å². The Morgan fingerprint density at radius 2 is 2.14 bits per heavy atom. The van der Waals surface area contributed by atoms with Crippen molar-refractivity contribution < 1.29 is 22.7 Å². The lowest BCUT2D eigenvalue weighted by molar-refractivity contribution is 0.0691. The summed E-state index contributed by atoms with van der Waals surface area (Å²) in [5.74, 6) is -0.780. The van der Waals surface area contributed by atoms with Crippen molar-refractivity contribution in [2.24, 2.45) is 0 Å². The number of fused-ring (bicyclic) bond motifs is 1. The van der Waals surface area contributed by atoms with Crippen molar-refractivity contribution in [1.29, 1.82) is 0 Å². The minimum absolute atomic E-state index is 0. The van der Waals surface area contributed by atoms with Gasteiger partial charge in [0.2, 0.25) is 0 Å². The zero-order valence-electron chi connectivity index (χ0n) is 16.0. The van der Waals surface area contributed by atoms with Gasteiger partial charge in [0.1, 0.15) is 4.90 Å². The van der Waals surface area contributed by atoms with E-state index in [9.17, 15) is 18.0 Å². The number of carbonyl (C=O) groups excluding carboxylic acids is 2. The lowest BCUT2D eigenvalue weighted by Gasteiger charge is -2.28. The number of methoxy groups -OCH3 is 1. The fourth-order valence-corrected chi connectivity index (χ4v) is 5.14. The maximum Gasteiger partial charge on any atom is 0.269 e. The molecule has 10 heteroatoms. The predicted octanol–water partition coefficient (Wildman–Crippen LogP) is 1.11. The number of amides is 2. The van der Waals surface area contributed by atoms with Crippen LogP contribution in [0.15, 0.2) is 23.1 Å². The molecule has 0 bridgehead atoms. The molecule has 1 N–H and O–H groups in total. The van der Waals surface area contributed by atoms with Gasteiger partial charge < -0.3 is 15.0 Å². The number of hydrogen-bond donors (Lipinski definition) is 1. The van der Waals surface area contributed by atoms with Crippen molar-refractivity contribution in [2.45, 2.75) is 30.7 Å². The van der Waals surface area contributed by atoms with Gasteiger partial charge in [0, 0.05) is 31.8 Å². The molecule has 1 atom stereocenters. The molecule has 156 valence electrons. The summed E-state index contributed by atoms with van der Waals surface area (Å²) in [4.78, 5) is 27.2. The van der Waals surface area contributed by atoms with Gasteiger partial charge in [-0.2, -0.15) is 0 Å². The van der Waals surface area contributed by atoms with E-state index < -0.39 is 15.9 Å². The summed E-state index contributed by atoms with van der Waals surface area (Å²) < 4.78 is 31.2. The highest BCUT2D eigenvalue weighted by Crippen LogP contribution is 2.31. The molecular formula is C18H26ClN3O5S. The molecule has 0 aromatic heterocycles. The lowest BCUT2D eigenvalue weighted by atomic mass is 10.1. The molecule has 8 nitrogen and oxygen atoms in total. The number of sulfonamides is 1. The van der Waals surface area contributed by atoms with Gasteiger partial charge in [0.25, 0.3) is 21.8 Å². The highest BCUT2D eigenvalue weighted by molar-refractivity contribution is 7.90. The van der Waals surface area contributed by atoms with Crippen LogP contribution in [0.1, 0.15) is 40.5 Å². The molecule has 1 saturated heterocycles. The molecule has 0 aliphatic carbocycles. The number of carbonyl (C=O) groups is 2. The quantitative estimate of drug-likeness (QED) is 0.694. The standard InChI is InChI=1S/C18H25N3O5S.ClH/c1-3-8-20(14-6-7-19-12-14)17(22)13-4-5-15-16(11-13)27(24,25)21(18(15)23)9-10-26-2;/h4-5,11,14,19H,3,6-10,12H2,1-2H3;1H. The molecule has 2 aliphatic rings. The van der Waals surface area contributed by atoms with E-state index in [0.717, 1.165) is 30.2 Å². The van der Waals surface area contributed by atoms with E-state index in [1.165, 1.54) is 19.2 Å². The molecule has 0 spiro atoms. The third-order valence-corrected chi connectivity index (χ3v) is 6.77. The zero-order chi connectivity index (χ0) is 19.6. The van der Waals surface area contributed by atoms with Gasteiger partial charge >= 0.3 is 0 Å². The third kappa shape index (κ3) is 4.03. The molecule has 1 unspecified atom stereocenters. The van der Waals surface area contributed by atoms with Crippen LogP contribution in [0.3, 0.4) is 0 Å². The summed E-state index contributed by atoms with van der Waals surface area (Å²) in [5, 5.41) is 3.25. The Labute approximate surface area is 171 Å². The number of nitrogens with zero attached hydrogens (tertiary/aromatic N) is 2. The predicted molar refractivity (Wildman–Crippen MR) is 106 cm³/mol. The molecule has 28 heavy (non-hydrogen) atoms. The van der Waals surface area contributed by atoms with Gasteiger partial charge in [0.15, 0.2) is 0 Å². The fraction of sp³-hybridized carbons (Fsp3) is 0.556. The van der Waals surface area contributed by atoms with Crippen molar-refractivity contribution in [2.75, 3.05) is 39.9 Å². The van der Waals surface area contributed by atoms with Crippen LogP contribution in [-0.2, 0) is 14.8 Å². The van der Waals surface area contributed by atoms with E-state index in [1.807, 2.05) is 6.92 Å². The molecule has 1 aromatic rings. The van der Waals surface area contributed by atoms with Crippen molar-refractivity contribution >= 4 is 34.2 Å². The summed E-state index contributed by atoms with van der Waals surface area (Å²) in [5.41, 5.74) is 0.395. The Kier molecular flexibility index (Phi) is 7.44. The first-order chi connectivity index (χ1) is 12.9. The van der Waals surface area contributed by atoms with Crippen molar-refractivity contribution in [3.05, 3.63) is 29.3 Å². The first-order valence-corrected chi connectivity index (χ1v) is 10.6. The van der Waals surface area contributed by atoms with Gasteiger partial charge in [-0.15, -0.1) is 12.4 Å². The number of halogens is 1. The van der Waals surface area contributed by atoms with Crippen LogP contribution in [0.5, 0.6) is 0 Å². The number of benzene rings is 1. The Balaban J connectivity index is 0.00000280. The summed E-state index contributed by atoms with van der Waals surface area (Å²) >= 11 is 0. The van der Waals surface area contributed by atoms with Crippen LogP contribution in [0, 0.1) is 0 Å². The summed E-state index contributed by atoms with van der Waals surface area (Å²) in [6.07, 6.45) is 1.69. The number of rotatable bonds is 7. The fourth-order valence-electron chi connectivity index (χ4n) is 3.57. The van der Waals surface area contributed by atoms with Crippen molar-refractivity contribution in [3.8, 4) is 0 Å². The molecule has 3 rings (SSSR count). The molecule has 1 fully saturated rings.